The van der Waals surface area contributed by atoms with Gasteiger partial charge in [-0.15, -0.1) is 0 Å². The molecule has 4 aromatic rings. The lowest BCUT2D eigenvalue weighted by Crippen LogP contribution is -2.00. The molecule has 24 heavy (non-hydrogen) atoms. The highest BCUT2D eigenvalue weighted by molar-refractivity contribution is 6.05. The zero-order valence-corrected chi connectivity index (χ0v) is 12.7. The highest BCUT2D eigenvalue weighted by atomic mass is 16.5. The third-order valence-corrected chi connectivity index (χ3v) is 3.92. The molecule has 4 heteroatoms. The molecule has 0 unspecified atom stereocenters. The Morgan fingerprint density at radius 2 is 1.67 bits per heavy atom. The van der Waals surface area contributed by atoms with Crippen molar-refractivity contribution >= 4 is 21.7 Å². The number of hydrogen-bond donors (Lipinski definition) is 1. The minimum atomic E-state index is -0.433. The van der Waals surface area contributed by atoms with Crippen LogP contribution in [-0.2, 0) is 6.61 Å². The molecular weight excluding hydrogens is 304 g/mol. The summed E-state index contributed by atoms with van der Waals surface area (Å²) in [5.41, 5.74) is 1.06. The maximum Gasteiger partial charge on any atom is 0.344 e. The summed E-state index contributed by atoms with van der Waals surface area (Å²) in [6, 6.07) is 19.8. The molecule has 1 aromatic heterocycles. The summed E-state index contributed by atoms with van der Waals surface area (Å²) in [7, 11) is 0. The van der Waals surface area contributed by atoms with Crippen molar-refractivity contribution in [3.05, 3.63) is 82.7 Å². The molecule has 0 aliphatic heterocycles. The quantitative estimate of drug-likeness (QED) is 0.453. The van der Waals surface area contributed by atoms with E-state index in [0.717, 1.165) is 10.9 Å². The van der Waals surface area contributed by atoms with E-state index in [-0.39, 0.29) is 5.75 Å². The Kier molecular flexibility index (Phi) is 3.43. The fourth-order valence-electron chi connectivity index (χ4n) is 2.73. The van der Waals surface area contributed by atoms with Gasteiger partial charge in [-0.3, -0.25) is 0 Å². The Balaban J connectivity index is 1.75. The Morgan fingerprint density at radius 1 is 0.875 bits per heavy atom. The smallest absolute Gasteiger partial charge is 0.344 e. The van der Waals surface area contributed by atoms with E-state index in [1.54, 1.807) is 18.2 Å². The van der Waals surface area contributed by atoms with Crippen molar-refractivity contribution in [3.63, 3.8) is 0 Å². The average molecular weight is 318 g/mol. The van der Waals surface area contributed by atoms with Crippen LogP contribution in [0.2, 0.25) is 0 Å². The third-order valence-electron chi connectivity index (χ3n) is 3.92. The van der Waals surface area contributed by atoms with Crippen LogP contribution in [0.5, 0.6) is 11.5 Å². The Morgan fingerprint density at radius 3 is 2.50 bits per heavy atom. The number of benzene rings is 3. The summed E-state index contributed by atoms with van der Waals surface area (Å²) in [5, 5.41) is 11.6. The van der Waals surface area contributed by atoms with Crippen LogP contribution in [0.4, 0.5) is 0 Å². The molecule has 0 spiro atoms. The van der Waals surface area contributed by atoms with E-state index in [4.69, 9.17) is 9.15 Å². The number of phenols is 1. The van der Waals surface area contributed by atoms with Crippen LogP contribution in [0.3, 0.4) is 0 Å². The van der Waals surface area contributed by atoms with Gasteiger partial charge in [0.2, 0.25) is 0 Å². The van der Waals surface area contributed by atoms with Gasteiger partial charge in [0, 0.05) is 16.8 Å². The van der Waals surface area contributed by atoms with E-state index in [1.165, 1.54) is 6.07 Å². The van der Waals surface area contributed by atoms with Gasteiger partial charge in [0.25, 0.3) is 0 Å². The van der Waals surface area contributed by atoms with Crippen molar-refractivity contribution in [3.8, 4) is 11.5 Å². The second kappa shape index (κ2) is 5.74. The minimum absolute atomic E-state index is 0.110. The number of ether oxygens (including phenoxy) is 1. The number of phenolic OH excluding ortho intramolecular Hbond substituents is 1. The van der Waals surface area contributed by atoms with Gasteiger partial charge in [0.15, 0.2) is 0 Å². The summed E-state index contributed by atoms with van der Waals surface area (Å²) in [6.07, 6.45) is 0. The van der Waals surface area contributed by atoms with Crippen molar-refractivity contribution in [2.75, 3.05) is 0 Å². The molecular formula is C20H14O4. The van der Waals surface area contributed by atoms with E-state index >= 15 is 0 Å². The molecule has 4 rings (SSSR count). The van der Waals surface area contributed by atoms with Gasteiger partial charge in [0.1, 0.15) is 23.7 Å². The van der Waals surface area contributed by atoms with E-state index in [0.29, 0.717) is 28.7 Å². The van der Waals surface area contributed by atoms with Gasteiger partial charge in [-0.1, -0.05) is 30.3 Å². The minimum Gasteiger partial charge on any atom is -0.508 e. The first kappa shape index (κ1) is 14.3. The monoisotopic (exact) mass is 318 g/mol. The molecule has 3 aromatic carbocycles. The van der Waals surface area contributed by atoms with Crippen molar-refractivity contribution in [1.82, 2.24) is 0 Å². The number of fused-ring (bicyclic) bond motifs is 3. The van der Waals surface area contributed by atoms with Crippen molar-refractivity contribution in [2.45, 2.75) is 6.61 Å². The van der Waals surface area contributed by atoms with Gasteiger partial charge in [0.05, 0.1) is 5.39 Å². The highest BCUT2D eigenvalue weighted by Crippen LogP contribution is 2.28. The Hall–Kier alpha value is -3.27. The Labute approximate surface area is 137 Å². The van der Waals surface area contributed by atoms with E-state index < -0.39 is 5.63 Å². The fourth-order valence-corrected chi connectivity index (χ4v) is 2.73. The predicted octanol–water partition coefficient (Wildman–Crippen LogP) is 4.23. The fraction of sp³-hybridized carbons (Fsp3) is 0.0500. The molecule has 0 aliphatic carbocycles. The Bertz CT molecular complexity index is 1080. The number of hydrogen-bond acceptors (Lipinski definition) is 4. The molecule has 0 amide bonds. The molecule has 0 saturated carbocycles. The lowest BCUT2D eigenvalue weighted by Gasteiger charge is -2.08. The van der Waals surface area contributed by atoms with Crippen LogP contribution in [-0.4, -0.2) is 5.11 Å². The first-order chi connectivity index (χ1) is 11.7. The van der Waals surface area contributed by atoms with Crippen LogP contribution < -0.4 is 10.4 Å². The maximum absolute atomic E-state index is 12.1. The third kappa shape index (κ3) is 2.58. The largest absolute Gasteiger partial charge is 0.508 e. The molecule has 0 radical (unpaired) electrons. The second-order valence-corrected chi connectivity index (χ2v) is 5.55. The van der Waals surface area contributed by atoms with Gasteiger partial charge in [-0.05, 0) is 35.9 Å². The van der Waals surface area contributed by atoms with Gasteiger partial charge in [-0.25, -0.2) is 4.79 Å². The van der Waals surface area contributed by atoms with Gasteiger partial charge >= 0.3 is 5.63 Å². The predicted molar refractivity (Wildman–Crippen MR) is 92.4 cm³/mol. The average Bonchev–Trinajstić information content (AvgIpc) is 2.60. The normalized spacial score (nSPS) is 11.0. The molecule has 0 aliphatic rings. The summed E-state index contributed by atoms with van der Waals surface area (Å²) < 4.78 is 11.2. The van der Waals surface area contributed by atoms with E-state index in [2.05, 4.69) is 0 Å². The van der Waals surface area contributed by atoms with Gasteiger partial charge in [-0.2, -0.15) is 0 Å². The highest BCUT2D eigenvalue weighted by Gasteiger charge is 2.09. The van der Waals surface area contributed by atoms with Crippen LogP contribution in [0.25, 0.3) is 21.7 Å². The zero-order chi connectivity index (χ0) is 16.5. The molecule has 0 fully saturated rings. The van der Waals surface area contributed by atoms with Gasteiger partial charge < -0.3 is 14.3 Å². The van der Waals surface area contributed by atoms with E-state index in [1.807, 2.05) is 42.5 Å². The number of rotatable bonds is 3. The lowest BCUT2D eigenvalue weighted by molar-refractivity contribution is 0.306. The first-order valence-corrected chi connectivity index (χ1v) is 7.57. The second-order valence-electron chi connectivity index (χ2n) is 5.55. The van der Waals surface area contributed by atoms with Crippen LogP contribution in [0.1, 0.15) is 5.56 Å². The summed E-state index contributed by atoms with van der Waals surface area (Å²) in [5.74, 6) is 0.729. The molecule has 1 heterocycles. The lowest BCUT2D eigenvalue weighted by atomic mass is 10.1. The SMILES string of the molecule is O=c1oc2cc(OCc3ccccc3)ccc2c2cc(O)ccc12. The topological polar surface area (TPSA) is 59.7 Å². The van der Waals surface area contributed by atoms with Crippen molar-refractivity contribution in [1.29, 1.82) is 0 Å². The summed E-state index contributed by atoms with van der Waals surface area (Å²) in [6.45, 7) is 0.435. The first-order valence-electron chi connectivity index (χ1n) is 7.57. The standard InChI is InChI=1S/C20H14O4/c21-14-6-8-17-18(10-14)16-9-7-15(11-19(16)24-20(17)22)23-12-13-4-2-1-3-5-13/h1-11,21H,12H2. The van der Waals surface area contributed by atoms with Crippen molar-refractivity contribution < 1.29 is 14.3 Å². The summed E-state index contributed by atoms with van der Waals surface area (Å²) >= 11 is 0. The van der Waals surface area contributed by atoms with Crippen LogP contribution in [0.15, 0.2) is 75.9 Å². The molecule has 0 bridgehead atoms. The molecule has 0 atom stereocenters. The van der Waals surface area contributed by atoms with Crippen LogP contribution in [0, 0.1) is 0 Å². The molecule has 4 nitrogen and oxygen atoms in total. The summed E-state index contributed by atoms with van der Waals surface area (Å²) in [4.78, 5) is 12.1. The molecule has 118 valence electrons. The molecule has 1 N–H and O–H groups in total. The van der Waals surface area contributed by atoms with Crippen LogP contribution >= 0.6 is 0 Å². The van der Waals surface area contributed by atoms with E-state index in [9.17, 15) is 9.90 Å². The molecule has 0 saturated heterocycles. The van der Waals surface area contributed by atoms with Crippen molar-refractivity contribution in [2.24, 2.45) is 0 Å². The maximum atomic E-state index is 12.1. The number of aromatic hydroxyl groups is 1. The zero-order valence-electron chi connectivity index (χ0n) is 12.7.